The van der Waals surface area contributed by atoms with Crippen LogP contribution in [0.2, 0.25) is 0 Å². The molecule has 0 amide bonds. The van der Waals surface area contributed by atoms with Crippen molar-refractivity contribution in [3.8, 4) is 11.1 Å². The third-order valence-corrected chi connectivity index (χ3v) is 6.00. The molecule has 1 atom stereocenters. The smallest absolute Gasteiger partial charge is 0.150 e. The Balaban J connectivity index is 1.25. The summed E-state index contributed by atoms with van der Waals surface area (Å²) in [4.78, 5) is 2.42. The van der Waals surface area contributed by atoms with Crippen LogP contribution in [0.4, 0.5) is 4.39 Å². The zero-order chi connectivity index (χ0) is 19.6. The number of rotatable bonds is 4. The lowest BCUT2D eigenvalue weighted by molar-refractivity contribution is 0.204. The maximum absolute atomic E-state index is 13.5. The van der Waals surface area contributed by atoms with Gasteiger partial charge in [0.25, 0.3) is 0 Å². The lowest BCUT2D eigenvalue weighted by Crippen LogP contribution is -2.36. The van der Waals surface area contributed by atoms with Gasteiger partial charge in [-0.15, -0.1) is 10.2 Å². The van der Waals surface area contributed by atoms with Gasteiger partial charge in [0.05, 0.1) is 12.6 Å². The van der Waals surface area contributed by atoms with Crippen LogP contribution in [-0.2, 0) is 19.6 Å². The van der Waals surface area contributed by atoms with Crippen LogP contribution in [0.3, 0.4) is 0 Å². The molecule has 0 bridgehead atoms. The summed E-state index contributed by atoms with van der Waals surface area (Å²) in [7, 11) is 0. The third-order valence-electron chi connectivity index (χ3n) is 6.00. The van der Waals surface area contributed by atoms with Crippen LogP contribution in [0.5, 0.6) is 0 Å². The molecule has 0 saturated carbocycles. The average Bonchev–Trinajstić information content (AvgIpc) is 3.18. The maximum Gasteiger partial charge on any atom is 0.150 e. The molecule has 2 aliphatic rings. The van der Waals surface area contributed by atoms with E-state index in [9.17, 15) is 4.39 Å². The number of nitrogens with one attached hydrogen (secondary N) is 1. The van der Waals surface area contributed by atoms with E-state index in [0.717, 1.165) is 61.9 Å². The molecule has 0 aliphatic carbocycles. The molecule has 1 unspecified atom stereocenters. The summed E-state index contributed by atoms with van der Waals surface area (Å²) in [5, 5.41) is 12.6. The Kier molecular flexibility index (Phi) is 5.12. The Morgan fingerprint density at radius 1 is 1.00 bits per heavy atom. The molecule has 5 nitrogen and oxygen atoms in total. The highest BCUT2D eigenvalue weighted by atomic mass is 19.1. The summed E-state index contributed by atoms with van der Waals surface area (Å²) in [6.07, 6.45) is 3.67. The van der Waals surface area contributed by atoms with Gasteiger partial charge >= 0.3 is 0 Å². The van der Waals surface area contributed by atoms with E-state index in [-0.39, 0.29) is 5.82 Å². The van der Waals surface area contributed by atoms with Crippen LogP contribution in [0, 0.1) is 5.82 Å². The second-order valence-corrected chi connectivity index (χ2v) is 8.05. The van der Waals surface area contributed by atoms with Crippen LogP contribution >= 0.6 is 0 Å². The van der Waals surface area contributed by atoms with Crippen molar-refractivity contribution in [2.45, 2.75) is 44.9 Å². The van der Waals surface area contributed by atoms with Crippen molar-refractivity contribution >= 4 is 0 Å². The molecule has 2 aromatic carbocycles. The highest BCUT2D eigenvalue weighted by Crippen LogP contribution is 2.25. The zero-order valence-electron chi connectivity index (χ0n) is 16.5. The molecule has 3 heterocycles. The third kappa shape index (κ3) is 3.95. The van der Waals surface area contributed by atoms with Gasteiger partial charge < -0.3 is 9.88 Å². The highest BCUT2D eigenvalue weighted by Gasteiger charge is 2.26. The number of hydrogen-bond donors (Lipinski definition) is 1. The summed E-state index contributed by atoms with van der Waals surface area (Å²) in [5.74, 6) is 1.97. The van der Waals surface area contributed by atoms with E-state index >= 15 is 0 Å². The normalized spacial score (nSPS) is 19.8. The van der Waals surface area contributed by atoms with Gasteiger partial charge in [-0.05, 0) is 48.2 Å². The number of aromatic nitrogens is 3. The van der Waals surface area contributed by atoms with Crippen LogP contribution in [0.25, 0.3) is 11.1 Å². The zero-order valence-corrected chi connectivity index (χ0v) is 16.5. The molecule has 2 aliphatic heterocycles. The van der Waals surface area contributed by atoms with Crippen molar-refractivity contribution in [2.24, 2.45) is 0 Å². The van der Waals surface area contributed by atoms with E-state index in [1.807, 2.05) is 6.07 Å². The number of benzene rings is 2. The lowest BCUT2D eigenvalue weighted by atomic mass is 10.0. The predicted molar refractivity (Wildman–Crippen MR) is 111 cm³/mol. The Bertz CT molecular complexity index is 975. The first-order chi connectivity index (χ1) is 14.3. The predicted octanol–water partition coefficient (Wildman–Crippen LogP) is 3.91. The van der Waals surface area contributed by atoms with Crippen LogP contribution in [-0.4, -0.2) is 32.8 Å². The number of piperidine rings is 1. The van der Waals surface area contributed by atoms with E-state index in [0.29, 0.717) is 6.04 Å². The summed E-state index contributed by atoms with van der Waals surface area (Å²) >= 11 is 0. The molecule has 0 radical (unpaired) electrons. The number of nitrogens with zero attached hydrogens (tertiary/aromatic N) is 4. The van der Waals surface area contributed by atoms with Gasteiger partial charge in [-0.1, -0.05) is 42.8 Å². The number of fused-ring (bicyclic) bond motifs is 1. The summed E-state index contributed by atoms with van der Waals surface area (Å²) < 4.78 is 15.8. The maximum atomic E-state index is 13.5. The monoisotopic (exact) mass is 391 g/mol. The van der Waals surface area contributed by atoms with Gasteiger partial charge in [0.15, 0.2) is 0 Å². The van der Waals surface area contributed by atoms with Crippen molar-refractivity contribution < 1.29 is 4.39 Å². The molecule has 1 aromatic heterocycles. The van der Waals surface area contributed by atoms with E-state index < -0.39 is 0 Å². The van der Waals surface area contributed by atoms with Gasteiger partial charge in [-0.2, -0.15) is 0 Å². The van der Waals surface area contributed by atoms with Gasteiger partial charge in [0, 0.05) is 19.6 Å². The molecular weight excluding hydrogens is 365 g/mol. The van der Waals surface area contributed by atoms with Crippen molar-refractivity contribution in [2.75, 3.05) is 13.1 Å². The second kappa shape index (κ2) is 8.05. The van der Waals surface area contributed by atoms with Gasteiger partial charge in [-0.25, -0.2) is 4.39 Å². The number of hydrogen-bond acceptors (Lipinski definition) is 4. The first-order valence-electron chi connectivity index (χ1n) is 10.5. The van der Waals surface area contributed by atoms with Crippen molar-refractivity contribution in [1.29, 1.82) is 0 Å². The molecule has 150 valence electrons. The minimum absolute atomic E-state index is 0.202. The Labute approximate surface area is 170 Å². The van der Waals surface area contributed by atoms with Crippen LogP contribution in [0.15, 0.2) is 48.5 Å². The van der Waals surface area contributed by atoms with E-state index in [1.54, 1.807) is 12.1 Å². The van der Waals surface area contributed by atoms with E-state index in [2.05, 4.69) is 49.2 Å². The molecule has 3 aromatic rings. The van der Waals surface area contributed by atoms with Gasteiger partial charge in [0.1, 0.15) is 17.5 Å². The quantitative estimate of drug-likeness (QED) is 0.732. The van der Waals surface area contributed by atoms with Crippen molar-refractivity contribution in [1.82, 2.24) is 25.0 Å². The van der Waals surface area contributed by atoms with E-state index in [1.165, 1.54) is 24.5 Å². The Hall–Kier alpha value is -2.57. The van der Waals surface area contributed by atoms with E-state index in [4.69, 9.17) is 0 Å². The minimum Gasteiger partial charge on any atom is -0.311 e. The van der Waals surface area contributed by atoms with Crippen LogP contribution < -0.4 is 5.32 Å². The topological polar surface area (TPSA) is 46.0 Å². The fourth-order valence-corrected chi connectivity index (χ4v) is 4.42. The SMILES string of the molecule is Fc1cccc(-c2ccc(CN3CCn4c(nnc4C4CCCCN4)C3)cc2)c1. The highest BCUT2D eigenvalue weighted by molar-refractivity contribution is 5.63. The molecule has 29 heavy (non-hydrogen) atoms. The fourth-order valence-electron chi connectivity index (χ4n) is 4.42. The Morgan fingerprint density at radius 2 is 1.90 bits per heavy atom. The molecule has 1 fully saturated rings. The lowest BCUT2D eigenvalue weighted by Gasteiger charge is -2.30. The number of halogens is 1. The van der Waals surface area contributed by atoms with Gasteiger partial charge in [-0.3, -0.25) is 4.90 Å². The average molecular weight is 391 g/mol. The second-order valence-electron chi connectivity index (χ2n) is 8.05. The molecule has 6 heteroatoms. The summed E-state index contributed by atoms with van der Waals surface area (Å²) in [6.45, 7) is 4.72. The molecule has 0 spiro atoms. The summed E-state index contributed by atoms with van der Waals surface area (Å²) in [6, 6.07) is 15.5. The summed E-state index contributed by atoms with van der Waals surface area (Å²) in [5.41, 5.74) is 3.20. The molecular formula is C23H26FN5. The van der Waals surface area contributed by atoms with Gasteiger partial charge in [0.2, 0.25) is 0 Å². The fraction of sp³-hybridized carbons (Fsp3) is 0.391. The molecule has 1 saturated heterocycles. The largest absolute Gasteiger partial charge is 0.311 e. The first-order valence-corrected chi connectivity index (χ1v) is 10.5. The van der Waals surface area contributed by atoms with Crippen molar-refractivity contribution in [3.05, 3.63) is 71.6 Å². The standard InChI is InChI=1S/C23H26FN5/c24-20-5-3-4-19(14-20)18-9-7-17(8-10-18)15-28-12-13-29-22(16-28)26-27-23(29)21-6-1-2-11-25-21/h3-5,7-10,14,21,25H,1-2,6,11-13,15-16H2. The minimum atomic E-state index is -0.202. The Morgan fingerprint density at radius 3 is 2.69 bits per heavy atom. The molecule has 5 rings (SSSR count). The first kappa shape index (κ1) is 18.5. The molecule has 1 N–H and O–H groups in total. The van der Waals surface area contributed by atoms with Crippen LogP contribution in [0.1, 0.15) is 42.5 Å². The van der Waals surface area contributed by atoms with Crippen molar-refractivity contribution in [3.63, 3.8) is 0 Å².